The molecule has 17 heavy (non-hydrogen) atoms. The zero-order valence-electron chi connectivity index (χ0n) is 9.88. The van der Waals surface area contributed by atoms with Gasteiger partial charge in [-0.15, -0.1) is 0 Å². The number of nitrogens with one attached hydrogen (secondary N) is 1. The second-order valence-corrected chi connectivity index (χ2v) is 5.28. The van der Waals surface area contributed by atoms with E-state index in [-0.39, 0.29) is 5.82 Å². The molecule has 0 radical (unpaired) electrons. The van der Waals surface area contributed by atoms with Crippen LogP contribution in [0.2, 0.25) is 0 Å². The monoisotopic (exact) mass is 300 g/mol. The molecule has 1 aliphatic heterocycles. The highest BCUT2D eigenvalue weighted by atomic mass is 79.9. The van der Waals surface area contributed by atoms with Crippen LogP contribution < -0.4 is 5.32 Å². The van der Waals surface area contributed by atoms with E-state index < -0.39 is 0 Å². The van der Waals surface area contributed by atoms with Crippen LogP contribution in [0.15, 0.2) is 22.7 Å². The van der Waals surface area contributed by atoms with E-state index in [2.05, 4.69) is 26.1 Å². The van der Waals surface area contributed by atoms with Crippen molar-refractivity contribution in [3.05, 3.63) is 34.1 Å². The summed E-state index contributed by atoms with van der Waals surface area (Å²) in [7, 11) is 0. The van der Waals surface area contributed by atoms with E-state index in [0.717, 1.165) is 17.6 Å². The number of halogens is 2. The summed E-state index contributed by atoms with van der Waals surface area (Å²) in [5.74, 6) is -0.145. The molecule has 2 nitrogen and oxygen atoms in total. The van der Waals surface area contributed by atoms with E-state index in [1.54, 1.807) is 6.07 Å². The van der Waals surface area contributed by atoms with Crippen molar-refractivity contribution in [3.8, 4) is 0 Å². The molecular formula is C13H18BrFN2. The van der Waals surface area contributed by atoms with Crippen molar-refractivity contribution in [2.75, 3.05) is 26.2 Å². The Hall–Kier alpha value is -0.450. The summed E-state index contributed by atoms with van der Waals surface area (Å²) in [6.45, 7) is 4.99. The number of likely N-dealkylation sites (tertiary alicyclic amines) is 1. The van der Waals surface area contributed by atoms with E-state index in [4.69, 9.17) is 0 Å². The van der Waals surface area contributed by atoms with E-state index in [1.165, 1.54) is 32.0 Å². The van der Waals surface area contributed by atoms with Crippen LogP contribution in [0, 0.1) is 5.82 Å². The maximum Gasteiger partial charge on any atom is 0.128 e. The number of hydrogen-bond acceptors (Lipinski definition) is 2. The fourth-order valence-corrected chi connectivity index (χ4v) is 2.64. The van der Waals surface area contributed by atoms with Gasteiger partial charge in [-0.25, -0.2) is 4.39 Å². The average Bonchev–Trinajstić information content (AvgIpc) is 2.80. The highest BCUT2D eigenvalue weighted by Crippen LogP contribution is 2.19. The molecule has 4 heteroatoms. The molecule has 1 N–H and O–H groups in total. The molecule has 0 saturated carbocycles. The van der Waals surface area contributed by atoms with Crippen molar-refractivity contribution in [1.29, 1.82) is 0 Å². The molecule has 0 amide bonds. The SMILES string of the molecule is Fc1cccc(Br)c1CNCCN1CCCC1. The molecule has 1 aromatic carbocycles. The van der Waals surface area contributed by atoms with E-state index >= 15 is 0 Å². The van der Waals surface area contributed by atoms with E-state index in [0.29, 0.717) is 12.1 Å². The lowest BCUT2D eigenvalue weighted by molar-refractivity contribution is 0.335. The van der Waals surface area contributed by atoms with Gasteiger partial charge >= 0.3 is 0 Å². The van der Waals surface area contributed by atoms with Crippen molar-refractivity contribution >= 4 is 15.9 Å². The molecule has 0 spiro atoms. The molecule has 1 saturated heterocycles. The third-order valence-electron chi connectivity index (χ3n) is 3.17. The standard InChI is InChI=1S/C13H18BrFN2/c14-12-4-3-5-13(15)11(12)10-16-6-9-17-7-1-2-8-17/h3-5,16H,1-2,6-10H2. The summed E-state index contributed by atoms with van der Waals surface area (Å²) in [5, 5.41) is 3.30. The minimum Gasteiger partial charge on any atom is -0.311 e. The van der Waals surface area contributed by atoms with Gasteiger partial charge < -0.3 is 10.2 Å². The van der Waals surface area contributed by atoms with Crippen molar-refractivity contribution in [1.82, 2.24) is 10.2 Å². The number of nitrogens with zero attached hydrogens (tertiary/aromatic N) is 1. The Balaban J connectivity index is 1.74. The zero-order chi connectivity index (χ0) is 12.1. The Bertz CT molecular complexity index is 344. The minimum absolute atomic E-state index is 0.145. The predicted molar refractivity (Wildman–Crippen MR) is 71.5 cm³/mol. The lowest BCUT2D eigenvalue weighted by Gasteiger charge is -2.15. The van der Waals surface area contributed by atoms with Crippen molar-refractivity contribution in [2.45, 2.75) is 19.4 Å². The van der Waals surface area contributed by atoms with Gasteiger partial charge in [-0.05, 0) is 38.1 Å². The van der Waals surface area contributed by atoms with Crippen LogP contribution in [0.1, 0.15) is 18.4 Å². The molecular weight excluding hydrogens is 283 g/mol. The first-order valence-corrected chi connectivity index (χ1v) is 6.92. The number of hydrogen-bond donors (Lipinski definition) is 1. The largest absolute Gasteiger partial charge is 0.311 e. The Morgan fingerprint density at radius 3 is 2.76 bits per heavy atom. The number of rotatable bonds is 5. The van der Waals surface area contributed by atoms with Crippen molar-refractivity contribution in [3.63, 3.8) is 0 Å². The number of benzene rings is 1. The molecule has 1 aromatic rings. The maximum atomic E-state index is 13.5. The molecule has 0 bridgehead atoms. The predicted octanol–water partition coefficient (Wildman–Crippen LogP) is 2.77. The van der Waals surface area contributed by atoms with Crippen LogP contribution in [0.4, 0.5) is 4.39 Å². The van der Waals surface area contributed by atoms with Gasteiger partial charge in [0.15, 0.2) is 0 Å². The van der Waals surface area contributed by atoms with Gasteiger partial charge in [-0.3, -0.25) is 0 Å². The molecule has 94 valence electrons. The van der Waals surface area contributed by atoms with Gasteiger partial charge in [0, 0.05) is 29.7 Å². The lowest BCUT2D eigenvalue weighted by atomic mass is 10.2. The Morgan fingerprint density at radius 2 is 2.06 bits per heavy atom. The molecule has 1 aliphatic rings. The van der Waals surface area contributed by atoms with Crippen LogP contribution in [-0.4, -0.2) is 31.1 Å². The van der Waals surface area contributed by atoms with Gasteiger partial charge in [0.2, 0.25) is 0 Å². The Morgan fingerprint density at radius 1 is 1.29 bits per heavy atom. The quantitative estimate of drug-likeness (QED) is 0.841. The minimum atomic E-state index is -0.145. The van der Waals surface area contributed by atoms with Gasteiger partial charge in [0.1, 0.15) is 5.82 Å². The van der Waals surface area contributed by atoms with Crippen molar-refractivity contribution in [2.24, 2.45) is 0 Å². The third kappa shape index (κ3) is 3.76. The van der Waals surface area contributed by atoms with Crippen LogP contribution in [0.5, 0.6) is 0 Å². The third-order valence-corrected chi connectivity index (χ3v) is 3.91. The van der Waals surface area contributed by atoms with Crippen molar-refractivity contribution < 1.29 is 4.39 Å². The zero-order valence-corrected chi connectivity index (χ0v) is 11.5. The first-order chi connectivity index (χ1) is 8.27. The lowest BCUT2D eigenvalue weighted by Crippen LogP contribution is -2.29. The van der Waals surface area contributed by atoms with Crippen LogP contribution in [-0.2, 0) is 6.54 Å². The van der Waals surface area contributed by atoms with Gasteiger partial charge in [-0.1, -0.05) is 22.0 Å². The normalized spacial score (nSPS) is 16.6. The molecule has 2 rings (SSSR count). The van der Waals surface area contributed by atoms with Crippen LogP contribution >= 0.6 is 15.9 Å². The second-order valence-electron chi connectivity index (χ2n) is 4.43. The first kappa shape index (κ1) is 13.0. The van der Waals surface area contributed by atoms with Gasteiger partial charge in [-0.2, -0.15) is 0 Å². The molecule has 0 aromatic heterocycles. The maximum absolute atomic E-state index is 13.5. The summed E-state index contributed by atoms with van der Waals surface area (Å²) < 4.78 is 14.3. The second kappa shape index (κ2) is 6.47. The fourth-order valence-electron chi connectivity index (χ4n) is 2.16. The molecule has 0 atom stereocenters. The summed E-state index contributed by atoms with van der Waals surface area (Å²) in [6.07, 6.45) is 2.64. The topological polar surface area (TPSA) is 15.3 Å². The van der Waals surface area contributed by atoms with Gasteiger partial charge in [0.05, 0.1) is 0 Å². The highest BCUT2D eigenvalue weighted by Gasteiger charge is 2.10. The van der Waals surface area contributed by atoms with Gasteiger partial charge in [0.25, 0.3) is 0 Å². The summed E-state index contributed by atoms with van der Waals surface area (Å²) >= 11 is 3.38. The molecule has 1 heterocycles. The summed E-state index contributed by atoms with van der Waals surface area (Å²) in [5.41, 5.74) is 0.717. The summed E-state index contributed by atoms with van der Waals surface area (Å²) in [6, 6.07) is 5.09. The smallest absolute Gasteiger partial charge is 0.128 e. The Kier molecular flexibility index (Phi) is 4.95. The van der Waals surface area contributed by atoms with E-state index in [1.807, 2.05) is 6.07 Å². The van der Waals surface area contributed by atoms with Crippen LogP contribution in [0.3, 0.4) is 0 Å². The molecule has 1 fully saturated rings. The Labute approximate surface area is 110 Å². The molecule has 0 aliphatic carbocycles. The highest BCUT2D eigenvalue weighted by molar-refractivity contribution is 9.10. The summed E-state index contributed by atoms with van der Waals surface area (Å²) in [4.78, 5) is 2.45. The van der Waals surface area contributed by atoms with Crippen LogP contribution in [0.25, 0.3) is 0 Å². The van der Waals surface area contributed by atoms with E-state index in [9.17, 15) is 4.39 Å². The fraction of sp³-hybridized carbons (Fsp3) is 0.538. The average molecular weight is 301 g/mol. The molecule has 0 unspecified atom stereocenters. The first-order valence-electron chi connectivity index (χ1n) is 6.13.